The van der Waals surface area contributed by atoms with Crippen molar-refractivity contribution in [2.45, 2.75) is 342 Å². The van der Waals surface area contributed by atoms with Crippen LogP contribution in [-0.4, -0.2) is 37.2 Å². The third-order valence-corrected chi connectivity index (χ3v) is 13.5. The maximum atomic E-state index is 12.8. The van der Waals surface area contributed by atoms with Gasteiger partial charge in [0, 0.05) is 19.3 Å². The predicted octanol–water partition coefficient (Wildman–Crippen LogP) is 19.4. The van der Waals surface area contributed by atoms with Gasteiger partial charge in [-0.15, -0.1) is 0 Å². The van der Waals surface area contributed by atoms with Crippen LogP contribution in [0.1, 0.15) is 336 Å². The van der Waals surface area contributed by atoms with Crippen LogP contribution in [0, 0.1) is 5.92 Å². The summed E-state index contributed by atoms with van der Waals surface area (Å²) < 4.78 is 16.9. The molecular formula is C59H114O6. The Morgan fingerprint density at radius 1 is 0.292 bits per heavy atom. The standard InChI is InChI=1S/C59H114O6/c1-5-7-9-11-13-15-17-19-21-22-27-30-34-38-42-46-50-57(60)63-53-56(65-59(62)52-48-44-40-36-32-26-20-18-16-14-12-10-8-6-2)54-64-58(61)51-47-43-39-35-31-28-24-23-25-29-33-37-41-45-49-55(3)4/h55-56H,5-54H2,1-4H3/t56-/m0/s1. The van der Waals surface area contributed by atoms with E-state index in [2.05, 4.69) is 27.7 Å². The summed E-state index contributed by atoms with van der Waals surface area (Å²) >= 11 is 0. The number of rotatable bonds is 54. The molecular weight excluding hydrogens is 805 g/mol. The number of ether oxygens (including phenoxy) is 3. The molecule has 0 spiro atoms. The van der Waals surface area contributed by atoms with Gasteiger partial charge in [-0.05, 0) is 25.2 Å². The van der Waals surface area contributed by atoms with Gasteiger partial charge in [0.1, 0.15) is 13.2 Å². The molecule has 0 bridgehead atoms. The summed E-state index contributed by atoms with van der Waals surface area (Å²) in [5, 5.41) is 0. The Morgan fingerprint density at radius 2 is 0.508 bits per heavy atom. The summed E-state index contributed by atoms with van der Waals surface area (Å²) in [6.45, 7) is 9.07. The first kappa shape index (κ1) is 63.4. The molecule has 1 atom stereocenters. The van der Waals surface area contributed by atoms with Gasteiger partial charge in [0.2, 0.25) is 0 Å². The number of unbranched alkanes of at least 4 members (excludes halogenated alkanes) is 41. The second kappa shape index (κ2) is 53.4. The largest absolute Gasteiger partial charge is 0.462 e. The fourth-order valence-electron chi connectivity index (χ4n) is 9.10. The second-order valence-electron chi connectivity index (χ2n) is 20.8. The number of hydrogen-bond donors (Lipinski definition) is 0. The molecule has 0 aliphatic carbocycles. The summed E-state index contributed by atoms with van der Waals surface area (Å²) in [6.07, 6.45) is 58.0. The Balaban J connectivity index is 4.28. The summed E-state index contributed by atoms with van der Waals surface area (Å²) in [6, 6.07) is 0. The van der Waals surface area contributed by atoms with E-state index < -0.39 is 6.10 Å². The lowest BCUT2D eigenvalue weighted by Crippen LogP contribution is -2.30. The highest BCUT2D eigenvalue weighted by molar-refractivity contribution is 5.71. The van der Waals surface area contributed by atoms with Crippen molar-refractivity contribution in [1.82, 2.24) is 0 Å². The molecule has 0 aliphatic heterocycles. The Morgan fingerprint density at radius 3 is 0.754 bits per heavy atom. The first-order valence-corrected chi connectivity index (χ1v) is 29.4. The first-order valence-electron chi connectivity index (χ1n) is 29.4. The molecule has 6 heteroatoms. The van der Waals surface area contributed by atoms with Crippen molar-refractivity contribution in [3.05, 3.63) is 0 Å². The number of carbonyl (C=O) groups excluding carboxylic acids is 3. The van der Waals surface area contributed by atoms with Gasteiger partial charge in [0.25, 0.3) is 0 Å². The van der Waals surface area contributed by atoms with Gasteiger partial charge in [0.15, 0.2) is 6.10 Å². The normalized spacial score (nSPS) is 12.0. The van der Waals surface area contributed by atoms with E-state index in [4.69, 9.17) is 14.2 Å². The van der Waals surface area contributed by atoms with Crippen LogP contribution in [-0.2, 0) is 28.6 Å². The molecule has 0 heterocycles. The molecule has 0 radical (unpaired) electrons. The Labute approximate surface area is 406 Å². The Kier molecular flexibility index (Phi) is 52.1. The van der Waals surface area contributed by atoms with Crippen LogP contribution in [0.15, 0.2) is 0 Å². The molecule has 0 amide bonds. The zero-order valence-electron chi connectivity index (χ0n) is 44.5. The fraction of sp³-hybridized carbons (Fsp3) is 0.949. The first-order chi connectivity index (χ1) is 31.9. The minimum atomic E-state index is -0.762. The van der Waals surface area contributed by atoms with Crippen molar-refractivity contribution in [3.63, 3.8) is 0 Å². The molecule has 0 N–H and O–H groups in total. The molecule has 0 aromatic carbocycles. The average molecular weight is 920 g/mol. The lowest BCUT2D eigenvalue weighted by atomic mass is 10.0. The van der Waals surface area contributed by atoms with Gasteiger partial charge >= 0.3 is 17.9 Å². The van der Waals surface area contributed by atoms with Crippen molar-refractivity contribution in [1.29, 1.82) is 0 Å². The van der Waals surface area contributed by atoms with Crippen molar-refractivity contribution >= 4 is 17.9 Å². The van der Waals surface area contributed by atoms with Crippen molar-refractivity contribution in [2.75, 3.05) is 13.2 Å². The van der Waals surface area contributed by atoms with E-state index in [9.17, 15) is 14.4 Å². The van der Waals surface area contributed by atoms with E-state index in [1.54, 1.807) is 0 Å². The van der Waals surface area contributed by atoms with Crippen LogP contribution in [0.3, 0.4) is 0 Å². The average Bonchev–Trinajstić information content (AvgIpc) is 3.29. The SMILES string of the molecule is CCCCCCCCCCCCCCCCCCC(=O)OC[C@@H](COC(=O)CCCCCCCCCCCCCCCCC(C)C)OC(=O)CCCCCCCCCCCCCCCC. The van der Waals surface area contributed by atoms with Crippen LogP contribution in [0.4, 0.5) is 0 Å². The van der Waals surface area contributed by atoms with Gasteiger partial charge in [0.05, 0.1) is 0 Å². The number of carbonyl (C=O) groups is 3. The minimum Gasteiger partial charge on any atom is -0.462 e. The molecule has 0 aromatic heterocycles. The lowest BCUT2D eigenvalue weighted by molar-refractivity contribution is -0.167. The van der Waals surface area contributed by atoms with Gasteiger partial charge < -0.3 is 14.2 Å². The van der Waals surface area contributed by atoms with Crippen molar-refractivity contribution in [3.8, 4) is 0 Å². The van der Waals surface area contributed by atoms with E-state index in [0.29, 0.717) is 19.3 Å². The van der Waals surface area contributed by atoms with Crippen molar-refractivity contribution in [2.24, 2.45) is 5.92 Å². The van der Waals surface area contributed by atoms with Crippen LogP contribution in [0.2, 0.25) is 0 Å². The highest BCUT2D eigenvalue weighted by atomic mass is 16.6. The molecule has 386 valence electrons. The predicted molar refractivity (Wildman–Crippen MR) is 280 cm³/mol. The van der Waals surface area contributed by atoms with Crippen LogP contribution < -0.4 is 0 Å². The molecule has 6 nitrogen and oxygen atoms in total. The summed E-state index contributed by atoms with van der Waals surface area (Å²) in [7, 11) is 0. The highest BCUT2D eigenvalue weighted by Crippen LogP contribution is 2.18. The molecule has 0 saturated heterocycles. The smallest absolute Gasteiger partial charge is 0.306 e. The summed E-state index contributed by atoms with van der Waals surface area (Å²) in [5.74, 6) is 0.0115. The van der Waals surface area contributed by atoms with Crippen LogP contribution in [0.5, 0.6) is 0 Å². The molecule has 0 rings (SSSR count). The Hall–Kier alpha value is -1.59. The molecule has 0 unspecified atom stereocenters. The van der Waals surface area contributed by atoms with E-state index in [0.717, 1.165) is 63.7 Å². The topological polar surface area (TPSA) is 78.9 Å². The zero-order chi connectivity index (χ0) is 47.4. The lowest BCUT2D eigenvalue weighted by Gasteiger charge is -2.18. The van der Waals surface area contributed by atoms with E-state index in [1.165, 1.54) is 231 Å². The van der Waals surface area contributed by atoms with Crippen LogP contribution in [0.25, 0.3) is 0 Å². The van der Waals surface area contributed by atoms with E-state index in [1.807, 2.05) is 0 Å². The molecule has 65 heavy (non-hydrogen) atoms. The van der Waals surface area contributed by atoms with Gasteiger partial charge in [-0.25, -0.2) is 0 Å². The van der Waals surface area contributed by atoms with E-state index in [-0.39, 0.29) is 31.1 Å². The third kappa shape index (κ3) is 53.2. The summed E-state index contributed by atoms with van der Waals surface area (Å²) in [4.78, 5) is 38.2. The molecule has 0 aliphatic rings. The quantitative estimate of drug-likeness (QED) is 0.0344. The monoisotopic (exact) mass is 919 g/mol. The minimum absolute atomic E-state index is 0.0616. The maximum Gasteiger partial charge on any atom is 0.306 e. The molecule has 0 saturated carbocycles. The fourth-order valence-corrected chi connectivity index (χ4v) is 9.10. The summed E-state index contributed by atoms with van der Waals surface area (Å²) in [5.41, 5.74) is 0. The van der Waals surface area contributed by atoms with Crippen molar-refractivity contribution < 1.29 is 28.6 Å². The zero-order valence-corrected chi connectivity index (χ0v) is 44.5. The van der Waals surface area contributed by atoms with E-state index >= 15 is 0 Å². The maximum absolute atomic E-state index is 12.8. The third-order valence-electron chi connectivity index (χ3n) is 13.5. The second-order valence-corrected chi connectivity index (χ2v) is 20.8. The molecule has 0 fully saturated rings. The number of esters is 3. The van der Waals surface area contributed by atoms with Gasteiger partial charge in [-0.3, -0.25) is 14.4 Å². The van der Waals surface area contributed by atoms with Crippen LogP contribution >= 0.6 is 0 Å². The Bertz CT molecular complexity index is 980. The van der Waals surface area contributed by atoms with Gasteiger partial charge in [-0.1, -0.05) is 297 Å². The highest BCUT2D eigenvalue weighted by Gasteiger charge is 2.19. The molecule has 0 aromatic rings. The number of hydrogen-bond acceptors (Lipinski definition) is 6. The van der Waals surface area contributed by atoms with Gasteiger partial charge in [-0.2, -0.15) is 0 Å².